The fraction of sp³-hybridized carbons (Fsp3) is 0.240. The highest BCUT2D eigenvalue weighted by molar-refractivity contribution is 5.98. The van der Waals surface area contributed by atoms with E-state index in [2.05, 4.69) is 15.0 Å². The van der Waals surface area contributed by atoms with Crippen molar-refractivity contribution in [1.29, 1.82) is 0 Å². The smallest absolute Gasteiger partial charge is 0.422 e. The Kier molecular flexibility index (Phi) is 6.33. The predicted molar refractivity (Wildman–Crippen MR) is 121 cm³/mol. The monoisotopic (exact) mass is 487 g/mol. The van der Waals surface area contributed by atoms with Crippen LogP contribution >= 0.6 is 0 Å². The van der Waals surface area contributed by atoms with Crippen LogP contribution in [-0.2, 0) is 5.60 Å². The fourth-order valence-corrected chi connectivity index (χ4v) is 3.80. The molecule has 0 amide bonds. The number of pyridine rings is 1. The van der Waals surface area contributed by atoms with Crippen LogP contribution in [0.15, 0.2) is 54.9 Å². The third-order valence-corrected chi connectivity index (χ3v) is 5.86. The molecule has 0 saturated heterocycles. The van der Waals surface area contributed by atoms with Crippen molar-refractivity contribution in [1.82, 2.24) is 15.0 Å². The fourth-order valence-electron chi connectivity index (χ4n) is 3.80. The first-order chi connectivity index (χ1) is 16.5. The van der Waals surface area contributed by atoms with Crippen LogP contribution in [-0.4, -0.2) is 39.1 Å². The van der Waals surface area contributed by atoms with Crippen molar-refractivity contribution in [3.05, 3.63) is 77.5 Å². The number of Topliss-reactive ketones (excluding diaryl/α,β-unsaturated/α-hetero) is 1. The quantitative estimate of drug-likeness (QED) is 0.266. The molecule has 6 nitrogen and oxygen atoms in total. The molecule has 2 aromatic carbocycles. The lowest BCUT2D eigenvalue weighted by molar-refractivity contribution is -0.270. The Morgan fingerprint density at radius 2 is 1.89 bits per heavy atom. The molecule has 0 saturated carbocycles. The van der Waals surface area contributed by atoms with Crippen molar-refractivity contribution in [2.45, 2.75) is 31.5 Å². The van der Waals surface area contributed by atoms with Crippen LogP contribution in [0.5, 0.6) is 5.75 Å². The van der Waals surface area contributed by atoms with Gasteiger partial charge >= 0.3 is 6.18 Å². The molecular weight excluding hydrogens is 466 g/mol. The van der Waals surface area contributed by atoms with Crippen molar-refractivity contribution < 1.29 is 32.2 Å². The Labute approximate surface area is 197 Å². The second-order valence-electron chi connectivity index (χ2n) is 8.13. The van der Waals surface area contributed by atoms with Gasteiger partial charge in [-0.05, 0) is 67.4 Å². The highest BCUT2D eigenvalue weighted by atomic mass is 19.4. The molecule has 0 spiro atoms. The molecule has 10 heteroatoms. The number of H-pyrrole nitrogens is 1. The molecule has 182 valence electrons. The molecule has 0 aliphatic carbocycles. The standard InChI is InChI=1S/C25H21F4N3O3/c1-14-11-16(3-5-17(14)26)23-21(35-2)7-8-22(32-23)24(34,25(27,28)29)10-9-20(33)15-4-6-18-19(12-15)31-13-30-18/h3-8,11-13,34H,9-10H2,1-2H3,(H,30,31). The molecule has 0 aliphatic heterocycles. The van der Waals surface area contributed by atoms with E-state index < -0.39 is 41.9 Å². The number of aromatic amines is 1. The molecule has 4 aromatic rings. The van der Waals surface area contributed by atoms with E-state index in [1.807, 2.05) is 0 Å². The number of carbonyl (C=O) groups excluding carboxylic acids is 1. The molecule has 0 bridgehead atoms. The summed E-state index contributed by atoms with van der Waals surface area (Å²) < 4.78 is 61.4. The minimum absolute atomic E-state index is 0.00629. The number of hydrogen-bond donors (Lipinski definition) is 2. The van der Waals surface area contributed by atoms with Gasteiger partial charge in [-0.15, -0.1) is 0 Å². The van der Waals surface area contributed by atoms with Crippen LogP contribution in [0.2, 0.25) is 0 Å². The third kappa shape index (κ3) is 4.61. The Hall–Kier alpha value is -3.79. The lowest BCUT2D eigenvalue weighted by Crippen LogP contribution is -2.43. The summed E-state index contributed by atoms with van der Waals surface area (Å²) in [5.74, 6) is -0.914. The summed E-state index contributed by atoms with van der Waals surface area (Å²) in [7, 11) is 1.32. The predicted octanol–water partition coefficient (Wildman–Crippen LogP) is 5.49. The molecule has 2 aromatic heterocycles. The van der Waals surface area contributed by atoms with Crippen molar-refractivity contribution in [3.8, 4) is 17.0 Å². The summed E-state index contributed by atoms with van der Waals surface area (Å²) in [5, 5.41) is 10.8. The number of hydrogen-bond acceptors (Lipinski definition) is 5. The van der Waals surface area contributed by atoms with Crippen LogP contribution < -0.4 is 4.74 Å². The second-order valence-corrected chi connectivity index (χ2v) is 8.13. The van der Waals surface area contributed by atoms with Gasteiger partial charge in [0.1, 0.15) is 17.3 Å². The Bertz CT molecular complexity index is 1400. The second kappa shape index (κ2) is 9.10. The normalized spacial score (nSPS) is 13.6. The molecule has 35 heavy (non-hydrogen) atoms. The lowest BCUT2D eigenvalue weighted by atomic mass is 9.89. The largest absolute Gasteiger partial charge is 0.494 e. The van der Waals surface area contributed by atoms with E-state index in [-0.39, 0.29) is 22.6 Å². The molecule has 4 rings (SSSR count). The van der Waals surface area contributed by atoms with Crippen molar-refractivity contribution in [2.24, 2.45) is 0 Å². The highest BCUT2D eigenvalue weighted by Crippen LogP contribution is 2.43. The SMILES string of the molecule is COc1ccc(C(O)(CCC(=O)c2ccc3nc[nH]c3c2)C(F)(F)F)nc1-c1ccc(F)c(C)c1. The van der Waals surface area contributed by atoms with Gasteiger partial charge in [-0.2, -0.15) is 13.2 Å². The van der Waals surface area contributed by atoms with Gasteiger partial charge in [-0.25, -0.2) is 14.4 Å². The number of benzene rings is 2. The summed E-state index contributed by atoms with van der Waals surface area (Å²) in [5.41, 5.74) is -2.14. The first-order valence-electron chi connectivity index (χ1n) is 10.6. The lowest BCUT2D eigenvalue weighted by Gasteiger charge is -2.30. The number of nitrogens with zero attached hydrogens (tertiary/aromatic N) is 2. The number of ether oxygens (including phenoxy) is 1. The first kappa shape index (κ1) is 24.3. The average Bonchev–Trinajstić information content (AvgIpc) is 3.31. The molecule has 2 N–H and O–H groups in total. The van der Waals surface area contributed by atoms with Gasteiger partial charge in [0, 0.05) is 17.5 Å². The number of rotatable bonds is 7. The number of aryl methyl sites for hydroxylation is 1. The van der Waals surface area contributed by atoms with Gasteiger partial charge in [0.25, 0.3) is 0 Å². The number of imidazole rings is 1. The molecule has 0 fully saturated rings. The average molecular weight is 487 g/mol. The number of ketones is 1. The molecule has 1 atom stereocenters. The minimum Gasteiger partial charge on any atom is -0.494 e. The number of fused-ring (bicyclic) bond motifs is 1. The molecular formula is C25H21F4N3O3. The molecule has 0 radical (unpaired) electrons. The van der Waals surface area contributed by atoms with E-state index in [1.54, 1.807) is 6.07 Å². The van der Waals surface area contributed by atoms with Gasteiger partial charge < -0.3 is 14.8 Å². The number of alkyl halides is 3. The summed E-state index contributed by atoms with van der Waals surface area (Å²) in [4.78, 5) is 23.6. The number of aromatic nitrogens is 3. The van der Waals surface area contributed by atoms with E-state index in [1.165, 1.54) is 56.8 Å². The summed E-state index contributed by atoms with van der Waals surface area (Å²) in [6, 6.07) is 10.8. The maximum atomic E-state index is 14.1. The zero-order valence-electron chi connectivity index (χ0n) is 18.8. The van der Waals surface area contributed by atoms with E-state index in [0.717, 1.165) is 6.07 Å². The van der Waals surface area contributed by atoms with Crippen LogP contribution in [0, 0.1) is 12.7 Å². The van der Waals surface area contributed by atoms with Gasteiger partial charge in [-0.1, -0.05) is 0 Å². The van der Waals surface area contributed by atoms with E-state index in [9.17, 15) is 27.5 Å². The maximum Gasteiger partial charge on any atom is 0.422 e. The topological polar surface area (TPSA) is 88.1 Å². The van der Waals surface area contributed by atoms with E-state index in [0.29, 0.717) is 16.6 Å². The Morgan fingerprint density at radius 3 is 2.57 bits per heavy atom. The maximum absolute atomic E-state index is 14.1. The van der Waals surface area contributed by atoms with Gasteiger partial charge in [0.05, 0.1) is 30.2 Å². The van der Waals surface area contributed by atoms with Crippen LogP contribution in [0.1, 0.15) is 34.5 Å². The van der Waals surface area contributed by atoms with Gasteiger partial charge in [0.2, 0.25) is 5.60 Å². The van der Waals surface area contributed by atoms with Crippen LogP contribution in [0.4, 0.5) is 17.6 Å². The zero-order chi connectivity index (χ0) is 25.4. The minimum atomic E-state index is -5.13. The number of methoxy groups -OCH3 is 1. The van der Waals surface area contributed by atoms with Gasteiger partial charge in [-0.3, -0.25) is 4.79 Å². The van der Waals surface area contributed by atoms with Crippen molar-refractivity contribution in [3.63, 3.8) is 0 Å². The zero-order valence-corrected chi connectivity index (χ0v) is 18.8. The summed E-state index contributed by atoms with van der Waals surface area (Å²) in [6.07, 6.45) is -5.22. The highest BCUT2D eigenvalue weighted by Gasteiger charge is 2.56. The molecule has 0 aliphatic rings. The number of aliphatic hydroxyl groups is 1. The number of nitrogens with one attached hydrogen (secondary N) is 1. The van der Waals surface area contributed by atoms with Crippen LogP contribution in [0.3, 0.4) is 0 Å². The van der Waals surface area contributed by atoms with E-state index in [4.69, 9.17) is 4.74 Å². The summed E-state index contributed by atoms with van der Waals surface area (Å²) in [6.45, 7) is 1.51. The van der Waals surface area contributed by atoms with Crippen molar-refractivity contribution in [2.75, 3.05) is 7.11 Å². The number of carbonyl (C=O) groups is 1. The molecule has 1 unspecified atom stereocenters. The first-order valence-corrected chi connectivity index (χ1v) is 10.6. The van der Waals surface area contributed by atoms with Crippen LogP contribution in [0.25, 0.3) is 22.3 Å². The van der Waals surface area contributed by atoms with Crippen molar-refractivity contribution >= 4 is 16.8 Å². The number of halogens is 4. The Morgan fingerprint density at radius 1 is 1.11 bits per heavy atom. The summed E-state index contributed by atoms with van der Waals surface area (Å²) >= 11 is 0. The Balaban J connectivity index is 1.69. The third-order valence-electron chi connectivity index (χ3n) is 5.86. The molecule has 2 heterocycles. The van der Waals surface area contributed by atoms with Gasteiger partial charge in [0.15, 0.2) is 5.78 Å². The van der Waals surface area contributed by atoms with E-state index >= 15 is 0 Å².